The summed E-state index contributed by atoms with van der Waals surface area (Å²) in [6, 6.07) is 8.97. The van der Waals surface area contributed by atoms with Gasteiger partial charge in [-0.05, 0) is 89.4 Å². The smallest absolute Gasteiger partial charge is 0.236 e. The third-order valence-corrected chi connectivity index (χ3v) is 9.89. The molecule has 0 aliphatic carbocycles. The first kappa shape index (κ1) is 35.9. The van der Waals surface area contributed by atoms with Crippen LogP contribution in [0.25, 0.3) is 21.5 Å². The van der Waals surface area contributed by atoms with Crippen molar-refractivity contribution in [2.24, 2.45) is 0 Å². The van der Waals surface area contributed by atoms with Crippen LogP contribution in [0.4, 0.5) is 0 Å². The van der Waals surface area contributed by atoms with E-state index in [9.17, 15) is 9.59 Å². The lowest BCUT2D eigenvalue weighted by atomic mass is 9.93. The number of amides is 1. The van der Waals surface area contributed by atoms with Crippen LogP contribution >= 0.6 is 11.3 Å². The summed E-state index contributed by atoms with van der Waals surface area (Å²) in [5.41, 5.74) is 5.83. The first-order chi connectivity index (χ1) is 21.1. The van der Waals surface area contributed by atoms with Crippen LogP contribution < -0.4 is 5.32 Å². The number of carbonyl (C=O) groups excluding carboxylic acids is 2. The molecule has 2 aromatic heterocycles. The summed E-state index contributed by atoms with van der Waals surface area (Å²) >= 11 is 1.70. The van der Waals surface area contributed by atoms with Crippen molar-refractivity contribution in [3.05, 3.63) is 45.8 Å². The van der Waals surface area contributed by atoms with Crippen molar-refractivity contribution in [2.75, 3.05) is 72.6 Å². The number of rotatable bonds is 10. The van der Waals surface area contributed by atoms with Crippen LogP contribution in [0, 0.1) is 13.8 Å². The predicted octanol–water partition coefficient (Wildman–Crippen LogP) is 5.00. The monoisotopic (exact) mass is 625 g/mol. The van der Waals surface area contributed by atoms with Crippen molar-refractivity contribution >= 4 is 33.7 Å². The number of likely N-dealkylation sites (tertiary alicyclic amines) is 1. The summed E-state index contributed by atoms with van der Waals surface area (Å²) in [4.78, 5) is 37.2. The quantitative estimate of drug-likeness (QED) is 0.275. The fourth-order valence-corrected chi connectivity index (χ4v) is 7.13. The average Bonchev–Trinajstić information content (AvgIpc) is 3.76. The van der Waals surface area contributed by atoms with E-state index in [2.05, 4.69) is 72.1 Å². The van der Waals surface area contributed by atoms with E-state index in [-0.39, 0.29) is 0 Å². The van der Waals surface area contributed by atoms with E-state index in [1.165, 1.54) is 33.3 Å². The van der Waals surface area contributed by atoms with Crippen molar-refractivity contribution in [2.45, 2.75) is 66.2 Å². The lowest BCUT2D eigenvalue weighted by Gasteiger charge is -2.35. The zero-order valence-corrected chi connectivity index (χ0v) is 28.9. The molecule has 1 amide bonds. The van der Waals surface area contributed by atoms with Crippen molar-refractivity contribution in [1.29, 1.82) is 0 Å². The van der Waals surface area contributed by atoms with Gasteiger partial charge in [-0.3, -0.25) is 9.69 Å². The fourth-order valence-electron chi connectivity index (χ4n) is 5.98. The number of aldehydes is 1. The summed E-state index contributed by atoms with van der Waals surface area (Å²) in [5, 5.41) is 11.4. The number of nitrogens with one attached hydrogen (secondary N) is 2. The summed E-state index contributed by atoms with van der Waals surface area (Å²) < 4.78 is 0. The minimum absolute atomic E-state index is 0.297. The van der Waals surface area contributed by atoms with Crippen LogP contribution in [0.15, 0.2) is 24.3 Å². The number of aryl methyl sites for hydroxylation is 2. The molecule has 8 nitrogen and oxygen atoms in total. The molecule has 2 aliphatic rings. The van der Waals surface area contributed by atoms with Gasteiger partial charge in [0, 0.05) is 63.2 Å². The molecule has 0 atom stereocenters. The van der Waals surface area contributed by atoms with Crippen LogP contribution in [0.1, 0.15) is 62.1 Å². The third kappa shape index (κ3) is 9.47. The molecule has 2 saturated heterocycles. The Morgan fingerprint density at radius 1 is 0.955 bits per heavy atom. The molecule has 3 aromatic rings. The molecule has 244 valence electrons. The van der Waals surface area contributed by atoms with E-state index >= 15 is 0 Å². The van der Waals surface area contributed by atoms with E-state index in [1.807, 2.05) is 18.7 Å². The number of piperazine rings is 1. The summed E-state index contributed by atoms with van der Waals surface area (Å²) in [6.45, 7) is 22.0. The Kier molecular flexibility index (Phi) is 14.1. The Morgan fingerprint density at radius 3 is 2.09 bits per heavy atom. The van der Waals surface area contributed by atoms with E-state index in [0.29, 0.717) is 12.5 Å². The molecule has 0 unspecified atom stereocenters. The van der Waals surface area contributed by atoms with Crippen molar-refractivity contribution in [1.82, 2.24) is 25.0 Å². The van der Waals surface area contributed by atoms with E-state index in [4.69, 9.17) is 5.11 Å². The molecule has 44 heavy (non-hydrogen) atoms. The Morgan fingerprint density at radius 2 is 1.55 bits per heavy atom. The lowest BCUT2D eigenvalue weighted by molar-refractivity contribution is -0.131. The topological polar surface area (TPSA) is 91.9 Å². The van der Waals surface area contributed by atoms with Gasteiger partial charge in [-0.1, -0.05) is 31.0 Å². The maximum atomic E-state index is 12.6. The zero-order valence-electron chi connectivity index (χ0n) is 28.1. The highest BCUT2D eigenvalue weighted by Gasteiger charge is 2.27. The van der Waals surface area contributed by atoms with Crippen LogP contribution in [-0.2, 0) is 21.4 Å². The molecule has 1 aromatic carbocycles. The van der Waals surface area contributed by atoms with Gasteiger partial charge >= 0.3 is 0 Å². The molecule has 3 N–H and O–H groups in total. The van der Waals surface area contributed by atoms with Gasteiger partial charge in [0.1, 0.15) is 11.1 Å². The lowest BCUT2D eigenvalue weighted by Crippen LogP contribution is -2.50. The highest BCUT2D eigenvalue weighted by atomic mass is 32.1. The second kappa shape index (κ2) is 17.2. The van der Waals surface area contributed by atoms with Gasteiger partial charge in [0.25, 0.3) is 0 Å². The largest absolute Gasteiger partial charge is 0.400 e. The third-order valence-electron chi connectivity index (χ3n) is 8.50. The molecule has 2 aliphatic heterocycles. The number of nitrogens with zero attached hydrogens (tertiary/aromatic N) is 3. The van der Waals surface area contributed by atoms with Crippen molar-refractivity contribution < 1.29 is 14.7 Å². The van der Waals surface area contributed by atoms with Crippen LogP contribution in [0.5, 0.6) is 0 Å². The first-order valence-electron chi connectivity index (χ1n) is 16.2. The molecule has 0 saturated carbocycles. The number of fused-ring (bicyclic) bond motifs is 1. The van der Waals surface area contributed by atoms with Gasteiger partial charge in [0.15, 0.2) is 0 Å². The summed E-state index contributed by atoms with van der Waals surface area (Å²) in [5.74, 6) is 0.297. The predicted molar refractivity (Wildman–Crippen MR) is 185 cm³/mol. The average molecular weight is 626 g/mol. The number of aliphatic hydroxyl groups is 1. The number of H-pyrrole nitrogens is 1. The van der Waals surface area contributed by atoms with Gasteiger partial charge in [-0.2, -0.15) is 0 Å². The van der Waals surface area contributed by atoms with Crippen molar-refractivity contribution in [3.63, 3.8) is 0 Å². The molecule has 0 bridgehead atoms. The minimum Gasteiger partial charge on any atom is -0.400 e. The van der Waals surface area contributed by atoms with E-state index in [0.717, 1.165) is 101 Å². The van der Waals surface area contributed by atoms with E-state index < -0.39 is 5.41 Å². The van der Waals surface area contributed by atoms with Gasteiger partial charge in [-0.15, -0.1) is 11.3 Å². The molecule has 9 heteroatoms. The summed E-state index contributed by atoms with van der Waals surface area (Å²) in [6.07, 6.45) is 4.30. The number of aromatic amines is 1. The Balaban J connectivity index is 0.000000688. The molecule has 4 heterocycles. The zero-order chi connectivity index (χ0) is 32.3. The second-order valence-electron chi connectivity index (χ2n) is 12.5. The van der Waals surface area contributed by atoms with Gasteiger partial charge in [-0.25, -0.2) is 0 Å². The number of hydrogen-bond acceptors (Lipinski definition) is 7. The SMILES string of the molecule is CCNCC.CO.Cc1cc(C)cc(-c2[nH]c3sc(C(C)(C)C=O)cc3c2CCN2CCN(CC(=O)N3CCCC3)CC2)c1. The number of aromatic nitrogens is 1. The standard InChI is InChI=1S/C30H40N4O2S.C4H11N.CH4O/c1-21-15-22(2)17-23(16-21)28-24(25-18-26(30(3,4)20-35)37-29(25)31-28)7-10-32-11-13-33(14-12-32)19-27(36)34-8-5-6-9-34;1-3-5-4-2;1-2/h15-18,20,31H,5-14,19H2,1-4H3;5H,3-4H2,1-2H3;2H,1H3. The van der Waals surface area contributed by atoms with Crippen LogP contribution in [0.3, 0.4) is 0 Å². The fraction of sp³-hybridized carbons (Fsp3) is 0.600. The molecule has 0 radical (unpaired) electrons. The maximum Gasteiger partial charge on any atom is 0.236 e. The number of aliphatic hydroxyl groups excluding tert-OH is 1. The first-order valence-corrected chi connectivity index (χ1v) is 17.0. The molecular formula is C35H55N5O3S. The van der Waals surface area contributed by atoms with Gasteiger partial charge < -0.3 is 30.0 Å². The van der Waals surface area contributed by atoms with Crippen molar-refractivity contribution in [3.8, 4) is 11.3 Å². The Labute approximate surface area is 268 Å². The Hall–Kier alpha value is -2.56. The maximum absolute atomic E-state index is 12.6. The number of hydrogen-bond donors (Lipinski definition) is 3. The van der Waals surface area contributed by atoms with Crippen LogP contribution in [-0.4, -0.2) is 110 Å². The minimum atomic E-state index is -0.481. The normalized spacial score (nSPS) is 16.0. The van der Waals surface area contributed by atoms with E-state index in [1.54, 1.807) is 11.3 Å². The molecular weight excluding hydrogens is 570 g/mol. The second-order valence-corrected chi connectivity index (χ2v) is 13.5. The number of benzene rings is 1. The van der Waals surface area contributed by atoms with Crippen LogP contribution in [0.2, 0.25) is 0 Å². The van der Waals surface area contributed by atoms with Gasteiger partial charge in [0.05, 0.1) is 17.7 Å². The van der Waals surface area contributed by atoms with Gasteiger partial charge in [0.2, 0.25) is 5.91 Å². The molecule has 5 rings (SSSR count). The Bertz CT molecular complexity index is 1310. The molecule has 0 spiro atoms. The summed E-state index contributed by atoms with van der Waals surface area (Å²) in [7, 11) is 1.00. The number of carbonyl (C=O) groups is 2. The molecule has 2 fully saturated rings. The highest BCUT2D eigenvalue weighted by Crippen LogP contribution is 2.39. The highest BCUT2D eigenvalue weighted by molar-refractivity contribution is 7.19. The number of thiophene rings is 1.